The molecular formula is C13H14Cl2N2O2. The summed E-state index contributed by atoms with van der Waals surface area (Å²) in [6.45, 7) is 2.17. The summed E-state index contributed by atoms with van der Waals surface area (Å²) in [5.41, 5.74) is 6.70. The van der Waals surface area contributed by atoms with E-state index in [-0.39, 0.29) is 12.6 Å². The van der Waals surface area contributed by atoms with Gasteiger partial charge in [-0.2, -0.15) is 0 Å². The van der Waals surface area contributed by atoms with Crippen molar-refractivity contribution in [3.8, 4) is 5.75 Å². The van der Waals surface area contributed by atoms with E-state index in [9.17, 15) is 0 Å². The fraction of sp³-hybridized carbons (Fsp3) is 0.308. The molecule has 6 heteroatoms. The molecule has 2 rings (SSSR count). The topological polar surface area (TPSA) is 61.3 Å². The second kappa shape index (κ2) is 6.28. The third-order valence-electron chi connectivity index (χ3n) is 2.48. The summed E-state index contributed by atoms with van der Waals surface area (Å²) in [6.07, 6.45) is 2.19. The lowest BCUT2D eigenvalue weighted by molar-refractivity contribution is 0.247. The lowest BCUT2D eigenvalue weighted by Crippen LogP contribution is -2.18. The first-order chi connectivity index (χ1) is 9.06. The lowest BCUT2D eigenvalue weighted by atomic mass is 10.1. The van der Waals surface area contributed by atoms with Crippen LogP contribution < -0.4 is 10.5 Å². The molecule has 19 heavy (non-hydrogen) atoms. The van der Waals surface area contributed by atoms with Gasteiger partial charge in [-0.1, -0.05) is 28.4 Å². The van der Waals surface area contributed by atoms with E-state index in [0.29, 0.717) is 28.0 Å². The number of aromatic nitrogens is 1. The molecule has 0 radical (unpaired) electrons. The largest absolute Gasteiger partial charge is 0.484 e. The maximum Gasteiger partial charge on any atom is 0.174 e. The van der Waals surface area contributed by atoms with Gasteiger partial charge in [0.15, 0.2) is 5.76 Å². The number of rotatable bonds is 5. The van der Waals surface area contributed by atoms with E-state index in [4.69, 9.17) is 38.2 Å². The molecule has 0 spiro atoms. The van der Waals surface area contributed by atoms with Crippen molar-refractivity contribution in [2.75, 3.05) is 0 Å². The molecule has 2 aromatic rings. The summed E-state index contributed by atoms with van der Waals surface area (Å²) >= 11 is 12.2. The van der Waals surface area contributed by atoms with E-state index in [1.165, 1.54) is 0 Å². The number of ether oxygens (including phenoxy) is 1. The van der Waals surface area contributed by atoms with Crippen LogP contribution in [0.3, 0.4) is 0 Å². The number of hydrogen-bond donors (Lipinski definition) is 1. The van der Waals surface area contributed by atoms with Gasteiger partial charge in [0.05, 0.1) is 11.2 Å². The van der Waals surface area contributed by atoms with Crippen LogP contribution in [0.5, 0.6) is 5.75 Å². The average molecular weight is 301 g/mol. The third-order valence-corrected chi connectivity index (χ3v) is 2.98. The van der Waals surface area contributed by atoms with Crippen molar-refractivity contribution < 1.29 is 9.26 Å². The van der Waals surface area contributed by atoms with Gasteiger partial charge in [-0.25, -0.2) is 0 Å². The predicted octanol–water partition coefficient (Wildman–Crippen LogP) is 3.45. The minimum Gasteiger partial charge on any atom is -0.484 e. The highest BCUT2D eigenvalue weighted by Crippen LogP contribution is 2.33. The molecule has 1 aromatic carbocycles. The van der Waals surface area contributed by atoms with E-state index < -0.39 is 0 Å². The van der Waals surface area contributed by atoms with Gasteiger partial charge >= 0.3 is 0 Å². The molecule has 0 amide bonds. The Morgan fingerprint density at radius 1 is 1.42 bits per heavy atom. The van der Waals surface area contributed by atoms with Crippen LogP contribution in [-0.2, 0) is 13.0 Å². The lowest BCUT2D eigenvalue weighted by Gasteiger charge is -2.14. The standard InChI is InChI=1S/C13H14Cl2N2O2/c1-8(16)4-9-5-10(14)6-12(15)13(9)18-7-11-2-3-17-19-11/h2-3,5-6,8H,4,7,16H2,1H3. The Balaban J connectivity index is 2.21. The van der Waals surface area contributed by atoms with Gasteiger partial charge in [-0.15, -0.1) is 0 Å². The second-order valence-electron chi connectivity index (χ2n) is 4.32. The van der Waals surface area contributed by atoms with Gasteiger partial charge in [-0.3, -0.25) is 0 Å². The van der Waals surface area contributed by atoms with Gasteiger partial charge in [0.25, 0.3) is 0 Å². The van der Waals surface area contributed by atoms with Gasteiger partial charge in [0.1, 0.15) is 12.4 Å². The highest BCUT2D eigenvalue weighted by atomic mass is 35.5. The Morgan fingerprint density at radius 2 is 2.21 bits per heavy atom. The van der Waals surface area contributed by atoms with Crippen molar-refractivity contribution in [1.29, 1.82) is 0 Å². The molecule has 1 aromatic heterocycles. The zero-order valence-corrected chi connectivity index (χ0v) is 11.9. The van der Waals surface area contributed by atoms with Gasteiger partial charge in [-0.05, 0) is 31.0 Å². The summed E-state index contributed by atoms with van der Waals surface area (Å²) in [5.74, 6) is 1.21. The van der Waals surface area contributed by atoms with E-state index in [1.54, 1.807) is 18.3 Å². The van der Waals surface area contributed by atoms with Crippen LogP contribution in [0.15, 0.2) is 28.9 Å². The molecule has 102 valence electrons. The molecule has 0 fully saturated rings. The molecule has 1 heterocycles. The molecule has 0 aliphatic carbocycles. The van der Waals surface area contributed by atoms with Crippen molar-refractivity contribution in [2.24, 2.45) is 5.73 Å². The Bertz CT molecular complexity index is 542. The minimum atomic E-state index is -0.0119. The summed E-state index contributed by atoms with van der Waals surface area (Å²) in [7, 11) is 0. The van der Waals surface area contributed by atoms with Crippen LogP contribution in [0.2, 0.25) is 10.0 Å². The second-order valence-corrected chi connectivity index (χ2v) is 5.17. The normalized spacial score (nSPS) is 12.4. The van der Waals surface area contributed by atoms with Crippen molar-refractivity contribution in [2.45, 2.75) is 26.0 Å². The molecule has 2 N–H and O–H groups in total. The number of benzene rings is 1. The fourth-order valence-electron chi connectivity index (χ4n) is 1.73. The highest BCUT2D eigenvalue weighted by molar-refractivity contribution is 6.35. The monoisotopic (exact) mass is 300 g/mol. The smallest absolute Gasteiger partial charge is 0.174 e. The summed E-state index contributed by atoms with van der Waals surface area (Å²) in [4.78, 5) is 0. The molecule has 1 unspecified atom stereocenters. The number of hydrogen-bond acceptors (Lipinski definition) is 4. The average Bonchev–Trinajstić information content (AvgIpc) is 2.79. The molecule has 0 saturated heterocycles. The molecule has 4 nitrogen and oxygen atoms in total. The van der Waals surface area contributed by atoms with Gasteiger partial charge < -0.3 is 15.0 Å². The number of nitrogens with two attached hydrogens (primary N) is 1. The maximum absolute atomic E-state index is 6.16. The molecular weight excluding hydrogens is 287 g/mol. The zero-order valence-electron chi connectivity index (χ0n) is 10.4. The van der Waals surface area contributed by atoms with Crippen molar-refractivity contribution in [1.82, 2.24) is 5.16 Å². The zero-order chi connectivity index (χ0) is 13.8. The molecule has 0 aliphatic rings. The van der Waals surface area contributed by atoms with Crippen molar-refractivity contribution in [3.63, 3.8) is 0 Å². The van der Waals surface area contributed by atoms with Crippen molar-refractivity contribution in [3.05, 3.63) is 45.8 Å². The molecule has 1 atom stereocenters. The van der Waals surface area contributed by atoms with Crippen LogP contribution in [0.4, 0.5) is 0 Å². The van der Waals surface area contributed by atoms with Crippen LogP contribution >= 0.6 is 23.2 Å². The van der Waals surface area contributed by atoms with Gasteiger partial charge in [0, 0.05) is 17.1 Å². The molecule has 0 aliphatic heterocycles. The predicted molar refractivity (Wildman–Crippen MR) is 74.7 cm³/mol. The van der Waals surface area contributed by atoms with Crippen LogP contribution in [0, 0.1) is 0 Å². The van der Waals surface area contributed by atoms with E-state index in [0.717, 1.165) is 5.56 Å². The third kappa shape index (κ3) is 3.86. The SMILES string of the molecule is CC(N)Cc1cc(Cl)cc(Cl)c1OCc1ccno1. The quantitative estimate of drug-likeness (QED) is 0.919. The number of halogens is 2. The van der Waals surface area contributed by atoms with Crippen molar-refractivity contribution >= 4 is 23.2 Å². The summed E-state index contributed by atoms with van der Waals surface area (Å²) < 4.78 is 10.7. The van der Waals surface area contributed by atoms with E-state index >= 15 is 0 Å². The Hall–Kier alpha value is -1.23. The number of nitrogens with zero attached hydrogens (tertiary/aromatic N) is 1. The minimum absolute atomic E-state index is 0.0119. The first-order valence-electron chi connectivity index (χ1n) is 5.82. The Kier molecular flexibility index (Phi) is 4.69. The van der Waals surface area contributed by atoms with E-state index in [2.05, 4.69) is 5.16 Å². The first-order valence-corrected chi connectivity index (χ1v) is 6.57. The van der Waals surface area contributed by atoms with Crippen LogP contribution in [-0.4, -0.2) is 11.2 Å². The fourth-order valence-corrected chi connectivity index (χ4v) is 2.32. The van der Waals surface area contributed by atoms with E-state index in [1.807, 2.05) is 13.0 Å². The summed E-state index contributed by atoms with van der Waals surface area (Å²) in [5, 5.41) is 4.64. The first kappa shape index (κ1) is 14.2. The molecule has 0 saturated carbocycles. The Labute approximate surface area is 121 Å². The van der Waals surface area contributed by atoms with Gasteiger partial charge in [0.2, 0.25) is 0 Å². The maximum atomic E-state index is 6.16. The summed E-state index contributed by atoms with van der Waals surface area (Å²) in [6, 6.07) is 5.17. The highest BCUT2D eigenvalue weighted by Gasteiger charge is 2.13. The van der Waals surface area contributed by atoms with Crippen LogP contribution in [0.1, 0.15) is 18.2 Å². The molecule has 0 bridgehead atoms. The van der Waals surface area contributed by atoms with Crippen LogP contribution in [0.25, 0.3) is 0 Å². The Morgan fingerprint density at radius 3 is 2.84 bits per heavy atom.